The zero-order valence-electron chi connectivity index (χ0n) is 13.0. The molecule has 1 aromatic rings. The Morgan fingerprint density at radius 3 is 2.91 bits per heavy atom. The highest BCUT2D eigenvalue weighted by Gasteiger charge is 2.42. The van der Waals surface area contributed by atoms with Crippen molar-refractivity contribution in [3.05, 3.63) is 33.8 Å². The Balaban J connectivity index is 1.80. The molecule has 2 aliphatic rings. The standard InChI is InChI=1S/C17H23BrN2O2/c1-22-12-17(6-8-19-9-7-17)16(21)20-10-5-14-13(11-20)3-2-4-15(14)18/h2-4,19H,5-12H2,1H3. The topological polar surface area (TPSA) is 41.6 Å². The van der Waals surface area contributed by atoms with Gasteiger partial charge in [-0.3, -0.25) is 4.79 Å². The Morgan fingerprint density at radius 1 is 1.41 bits per heavy atom. The molecule has 0 aromatic heterocycles. The summed E-state index contributed by atoms with van der Waals surface area (Å²) in [6.45, 7) is 3.82. The van der Waals surface area contributed by atoms with Crippen molar-refractivity contribution in [3.8, 4) is 0 Å². The van der Waals surface area contributed by atoms with Gasteiger partial charge < -0.3 is 15.0 Å². The first-order chi connectivity index (χ1) is 10.7. The molecule has 0 radical (unpaired) electrons. The van der Waals surface area contributed by atoms with Crippen molar-refractivity contribution in [1.29, 1.82) is 0 Å². The van der Waals surface area contributed by atoms with Crippen molar-refractivity contribution >= 4 is 21.8 Å². The minimum absolute atomic E-state index is 0.265. The molecule has 120 valence electrons. The molecule has 0 aliphatic carbocycles. The molecule has 1 aromatic carbocycles. The molecule has 1 saturated heterocycles. The molecular formula is C17H23BrN2O2. The lowest BCUT2D eigenvalue weighted by molar-refractivity contribution is -0.148. The summed E-state index contributed by atoms with van der Waals surface area (Å²) in [5, 5.41) is 3.35. The van der Waals surface area contributed by atoms with Gasteiger partial charge in [0.1, 0.15) is 0 Å². The first-order valence-corrected chi connectivity index (χ1v) is 8.71. The second-order valence-electron chi connectivity index (χ2n) is 6.32. The molecule has 22 heavy (non-hydrogen) atoms. The Morgan fingerprint density at radius 2 is 2.18 bits per heavy atom. The van der Waals surface area contributed by atoms with E-state index in [1.807, 2.05) is 11.0 Å². The van der Waals surface area contributed by atoms with Crippen molar-refractivity contribution < 1.29 is 9.53 Å². The van der Waals surface area contributed by atoms with Gasteiger partial charge in [-0.15, -0.1) is 0 Å². The number of carbonyl (C=O) groups excluding carboxylic acids is 1. The molecule has 5 heteroatoms. The van der Waals surface area contributed by atoms with E-state index in [1.54, 1.807) is 7.11 Å². The molecule has 0 bridgehead atoms. The maximum atomic E-state index is 13.2. The maximum absolute atomic E-state index is 13.2. The third kappa shape index (κ3) is 2.94. The van der Waals surface area contributed by atoms with E-state index in [4.69, 9.17) is 4.74 Å². The molecule has 4 nitrogen and oxygen atoms in total. The van der Waals surface area contributed by atoms with Gasteiger partial charge in [0.15, 0.2) is 0 Å². The lowest BCUT2D eigenvalue weighted by Gasteiger charge is -2.41. The third-order valence-corrected chi connectivity index (χ3v) is 5.67. The predicted molar refractivity (Wildman–Crippen MR) is 89.7 cm³/mol. The lowest BCUT2D eigenvalue weighted by Crippen LogP contribution is -2.52. The van der Waals surface area contributed by atoms with Crippen LogP contribution in [0.1, 0.15) is 24.0 Å². The molecule has 1 N–H and O–H groups in total. The minimum Gasteiger partial charge on any atom is -0.384 e. The number of hydrogen-bond acceptors (Lipinski definition) is 3. The predicted octanol–water partition coefficient (Wildman–Crippen LogP) is 2.35. The van der Waals surface area contributed by atoms with Crippen molar-refractivity contribution in [3.63, 3.8) is 0 Å². The molecule has 1 fully saturated rings. The van der Waals surface area contributed by atoms with E-state index in [0.717, 1.165) is 43.4 Å². The molecule has 0 atom stereocenters. The molecule has 3 rings (SSSR count). The van der Waals surface area contributed by atoms with Gasteiger partial charge in [0.05, 0.1) is 12.0 Å². The number of amides is 1. The van der Waals surface area contributed by atoms with E-state index >= 15 is 0 Å². The summed E-state index contributed by atoms with van der Waals surface area (Å²) in [6.07, 6.45) is 2.65. The van der Waals surface area contributed by atoms with Crippen LogP contribution in [0.5, 0.6) is 0 Å². The Hall–Kier alpha value is -0.910. The average molecular weight is 367 g/mol. The molecule has 2 heterocycles. The molecule has 0 unspecified atom stereocenters. The minimum atomic E-state index is -0.344. The number of nitrogens with zero attached hydrogens (tertiary/aromatic N) is 1. The van der Waals surface area contributed by atoms with Crippen LogP contribution >= 0.6 is 15.9 Å². The quantitative estimate of drug-likeness (QED) is 0.892. The number of ether oxygens (including phenoxy) is 1. The van der Waals surface area contributed by atoms with Gasteiger partial charge in [0.2, 0.25) is 5.91 Å². The first-order valence-electron chi connectivity index (χ1n) is 7.91. The van der Waals surface area contributed by atoms with Gasteiger partial charge in [-0.25, -0.2) is 0 Å². The van der Waals surface area contributed by atoms with E-state index in [2.05, 4.69) is 33.4 Å². The smallest absolute Gasteiger partial charge is 0.231 e. The summed E-state index contributed by atoms with van der Waals surface area (Å²) < 4.78 is 6.56. The Labute approximate surface area is 140 Å². The van der Waals surface area contributed by atoms with Crippen LogP contribution in [0.25, 0.3) is 0 Å². The van der Waals surface area contributed by atoms with Gasteiger partial charge in [-0.2, -0.15) is 0 Å². The van der Waals surface area contributed by atoms with Crippen LogP contribution in [-0.4, -0.2) is 44.2 Å². The zero-order valence-corrected chi connectivity index (χ0v) is 14.6. The number of rotatable bonds is 3. The van der Waals surface area contributed by atoms with E-state index in [1.165, 1.54) is 11.1 Å². The SMILES string of the molecule is COCC1(C(=O)N2CCc3c(Br)cccc3C2)CCNCC1. The van der Waals surface area contributed by atoms with Crippen LogP contribution in [0.2, 0.25) is 0 Å². The van der Waals surface area contributed by atoms with Gasteiger partial charge >= 0.3 is 0 Å². The first kappa shape index (κ1) is 16.0. The van der Waals surface area contributed by atoms with Gasteiger partial charge in [0, 0.05) is 24.7 Å². The molecule has 0 spiro atoms. The normalized spacial score (nSPS) is 20.5. The number of piperidine rings is 1. The van der Waals surface area contributed by atoms with E-state index < -0.39 is 0 Å². The number of nitrogens with one attached hydrogen (secondary N) is 1. The maximum Gasteiger partial charge on any atom is 0.231 e. The van der Waals surface area contributed by atoms with Gasteiger partial charge in [0.25, 0.3) is 0 Å². The fraction of sp³-hybridized carbons (Fsp3) is 0.588. The largest absolute Gasteiger partial charge is 0.384 e. The van der Waals surface area contributed by atoms with E-state index in [0.29, 0.717) is 13.2 Å². The molecule has 2 aliphatic heterocycles. The van der Waals surface area contributed by atoms with Crippen molar-refractivity contribution in [1.82, 2.24) is 10.2 Å². The molecule has 0 saturated carbocycles. The number of halogens is 1. The van der Waals surface area contributed by atoms with Crippen LogP contribution < -0.4 is 5.32 Å². The van der Waals surface area contributed by atoms with E-state index in [9.17, 15) is 4.79 Å². The fourth-order valence-electron chi connectivity index (χ4n) is 3.67. The van der Waals surface area contributed by atoms with Crippen LogP contribution in [0, 0.1) is 5.41 Å². The number of fused-ring (bicyclic) bond motifs is 1. The second kappa shape index (κ2) is 6.69. The number of carbonyl (C=O) groups is 1. The monoisotopic (exact) mass is 366 g/mol. The highest BCUT2D eigenvalue weighted by molar-refractivity contribution is 9.10. The van der Waals surface area contributed by atoms with Crippen LogP contribution in [0.15, 0.2) is 22.7 Å². The highest BCUT2D eigenvalue weighted by atomic mass is 79.9. The fourth-order valence-corrected chi connectivity index (χ4v) is 4.28. The second-order valence-corrected chi connectivity index (χ2v) is 7.17. The van der Waals surface area contributed by atoms with Crippen molar-refractivity contribution in [2.75, 3.05) is 33.4 Å². The van der Waals surface area contributed by atoms with Crippen LogP contribution in [0.3, 0.4) is 0 Å². The molecular weight excluding hydrogens is 344 g/mol. The summed E-state index contributed by atoms with van der Waals surface area (Å²) in [7, 11) is 1.69. The van der Waals surface area contributed by atoms with Crippen LogP contribution in [-0.2, 0) is 22.5 Å². The number of benzene rings is 1. The summed E-state index contributed by atoms with van der Waals surface area (Å²) >= 11 is 3.62. The van der Waals surface area contributed by atoms with Gasteiger partial charge in [-0.05, 0) is 49.5 Å². The lowest BCUT2D eigenvalue weighted by atomic mass is 9.77. The summed E-state index contributed by atoms with van der Waals surface area (Å²) in [5.41, 5.74) is 2.26. The average Bonchev–Trinajstić information content (AvgIpc) is 2.55. The third-order valence-electron chi connectivity index (χ3n) is 4.93. The van der Waals surface area contributed by atoms with Gasteiger partial charge in [-0.1, -0.05) is 28.1 Å². The van der Waals surface area contributed by atoms with Crippen molar-refractivity contribution in [2.24, 2.45) is 5.41 Å². The number of methoxy groups -OCH3 is 1. The van der Waals surface area contributed by atoms with E-state index in [-0.39, 0.29) is 11.3 Å². The zero-order chi connectivity index (χ0) is 15.6. The highest BCUT2D eigenvalue weighted by Crippen LogP contribution is 2.34. The Bertz CT molecular complexity index is 550. The summed E-state index contributed by atoms with van der Waals surface area (Å²) in [6, 6.07) is 6.26. The summed E-state index contributed by atoms with van der Waals surface area (Å²) in [5.74, 6) is 0.265. The van der Waals surface area contributed by atoms with Crippen molar-refractivity contribution in [2.45, 2.75) is 25.8 Å². The molecule has 1 amide bonds. The Kier molecular flexibility index (Phi) is 4.85. The number of hydrogen-bond donors (Lipinski definition) is 1. The van der Waals surface area contributed by atoms with Crippen LogP contribution in [0.4, 0.5) is 0 Å². The summed E-state index contributed by atoms with van der Waals surface area (Å²) in [4.78, 5) is 15.2.